The molecule has 1 heterocycles. The molecule has 5 nitrogen and oxygen atoms in total. The van der Waals surface area contributed by atoms with Crippen molar-refractivity contribution in [3.8, 4) is 0 Å². The molecule has 5 heteroatoms. The van der Waals surface area contributed by atoms with Crippen LogP contribution in [0.1, 0.15) is 71.5 Å². The highest BCUT2D eigenvalue weighted by Gasteiger charge is 2.44. The SMILES string of the molecule is CCC(C)(N)c1nc(C2(OC)CCC(C)(C)CC2)no1. The summed E-state index contributed by atoms with van der Waals surface area (Å²) in [4.78, 5) is 4.54. The second-order valence-corrected chi connectivity index (χ2v) is 7.06. The van der Waals surface area contributed by atoms with Crippen LogP contribution in [-0.2, 0) is 15.9 Å². The van der Waals surface area contributed by atoms with Gasteiger partial charge in [0.1, 0.15) is 5.60 Å². The number of nitrogens with two attached hydrogens (primary N) is 1. The van der Waals surface area contributed by atoms with E-state index in [1.165, 1.54) is 0 Å². The highest BCUT2D eigenvalue weighted by molar-refractivity contribution is 5.08. The summed E-state index contributed by atoms with van der Waals surface area (Å²) in [7, 11) is 1.73. The molecule has 1 aliphatic carbocycles. The maximum Gasteiger partial charge on any atom is 0.246 e. The lowest BCUT2D eigenvalue weighted by Gasteiger charge is -2.40. The molecule has 0 aliphatic heterocycles. The zero-order valence-corrected chi connectivity index (χ0v) is 13.3. The van der Waals surface area contributed by atoms with E-state index in [1.807, 2.05) is 13.8 Å². The van der Waals surface area contributed by atoms with Crippen LogP contribution in [0.5, 0.6) is 0 Å². The van der Waals surface area contributed by atoms with Gasteiger partial charge in [0.2, 0.25) is 11.7 Å². The molecule has 114 valence electrons. The Labute approximate surface area is 121 Å². The molecular weight excluding hydrogens is 254 g/mol. The monoisotopic (exact) mass is 281 g/mol. The highest BCUT2D eigenvalue weighted by atomic mass is 16.5. The molecule has 0 radical (unpaired) electrons. The van der Waals surface area contributed by atoms with Gasteiger partial charge in [-0.15, -0.1) is 0 Å². The van der Waals surface area contributed by atoms with Gasteiger partial charge in [0.15, 0.2) is 0 Å². The predicted molar refractivity (Wildman–Crippen MR) is 77.1 cm³/mol. The second kappa shape index (κ2) is 5.11. The minimum atomic E-state index is -0.575. The lowest BCUT2D eigenvalue weighted by Crippen LogP contribution is -2.38. The van der Waals surface area contributed by atoms with Crippen LogP contribution in [0.15, 0.2) is 4.52 Å². The van der Waals surface area contributed by atoms with Crippen LogP contribution >= 0.6 is 0 Å². The molecule has 1 unspecified atom stereocenters. The number of nitrogens with zero attached hydrogens (tertiary/aromatic N) is 2. The summed E-state index contributed by atoms with van der Waals surface area (Å²) < 4.78 is 11.2. The van der Waals surface area contributed by atoms with Crippen molar-refractivity contribution in [2.24, 2.45) is 11.1 Å². The molecule has 1 aromatic heterocycles. The Balaban J connectivity index is 2.25. The minimum absolute atomic E-state index is 0.362. The minimum Gasteiger partial charge on any atom is -0.370 e. The standard InChI is InChI=1S/C15H27N3O2/c1-6-14(4,16)12-17-11(18-20-12)15(19-5)9-7-13(2,3)8-10-15/h6-10,16H2,1-5H3. The molecule has 2 N–H and O–H groups in total. The number of rotatable bonds is 4. The van der Waals surface area contributed by atoms with Crippen molar-refractivity contribution in [1.82, 2.24) is 10.1 Å². The van der Waals surface area contributed by atoms with Gasteiger partial charge >= 0.3 is 0 Å². The van der Waals surface area contributed by atoms with Gasteiger partial charge in [-0.3, -0.25) is 0 Å². The number of aromatic nitrogens is 2. The van der Waals surface area contributed by atoms with Crippen molar-refractivity contribution in [3.63, 3.8) is 0 Å². The highest BCUT2D eigenvalue weighted by Crippen LogP contribution is 2.46. The maximum absolute atomic E-state index is 6.17. The summed E-state index contributed by atoms with van der Waals surface area (Å²) in [6.45, 7) is 8.51. The van der Waals surface area contributed by atoms with Gasteiger partial charge in [-0.05, 0) is 44.4 Å². The van der Waals surface area contributed by atoms with Crippen molar-refractivity contribution < 1.29 is 9.26 Å². The van der Waals surface area contributed by atoms with E-state index in [4.69, 9.17) is 15.0 Å². The van der Waals surface area contributed by atoms with Crippen LogP contribution in [-0.4, -0.2) is 17.3 Å². The third-order valence-corrected chi connectivity index (χ3v) is 4.86. The summed E-state index contributed by atoms with van der Waals surface area (Å²) in [5.74, 6) is 1.15. The summed E-state index contributed by atoms with van der Waals surface area (Å²) in [5.41, 5.74) is 5.54. The third-order valence-electron chi connectivity index (χ3n) is 4.86. The fraction of sp³-hybridized carbons (Fsp3) is 0.867. The van der Waals surface area contributed by atoms with E-state index in [0.717, 1.165) is 32.1 Å². The summed E-state index contributed by atoms with van der Waals surface area (Å²) >= 11 is 0. The van der Waals surface area contributed by atoms with Crippen molar-refractivity contribution in [1.29, 1.82) is 0 Å². The molecule has 0 amide bonds. The van der Waals surface area contributed by atoms with Gasteiger partial charge < -0.3 is 15.0 Å². The van der Waals surface area contributed by atoms with Crippen LogP contribution in [0, 0.1) is 5.41 Å². The van der Waals surface area contributed by atoms with Crippen LogP contribution in [0.25, 0.3) is 0 Å². The van der Waals surface area contributed by atoms with E-state index < -0.39 is 11.1 Å². The molecule has 1 fully saturated rings. The lowest BCUT2D eigenvalue weighted by molar-refractivity contribution is -0.0740. The molecule has 1 saturated carbocycles. The van der Waals surface area contributed by atoms with Gasteiger partial charge in [0.25, 0.3) is 0 Å². The number of ether oxygens (including phenoxy) is 1. The van der Waals surface area contributed by atoms with Gasteiger partial charge in [0, 0.05) is 7.11 Å². The first kappa shape index (κ1) is 15.4. The van der Waals surface area contributed by atoms with Crippen molar-refractivity contribution in [2.75, 3.05) is 7.11 Å². The van der Waals surface area contributed by atoms with Gasteiger partial charge in [0.05, 0.1) is 5.54 Å². The first-order valence-corrected chi connectivity index (χ1v) is 7.43. The molecule has 1 aromatic rings. The van der Waals surface area contributed by atoms with Crippen LogP contribution in [0.2, 0.25) is 0 Å². The first-order valence-electron chi connectivity index (χ1n) is 7.43. The molecule has 0 bridgehead atoms. The Bertz CT molecular complexity index is 455. The molecule has 20 heavy (non-hydrogen) atoms. The van der Waals surface area contributed by atoms with E-state index in [0.29, 0.717) is 17.1 Å². The molecule has 2 rings (SSSR count). The number of methoxy groups -OCH3 is 1. The van der Waals surface area contributed by atoms with E-state index in [1.54, 1.807) is 7.11 Å². The summed E-state index contributed by atoms with van der Waals surface area (Å²) in [6, 6.07) is 0. The fourth-order valence-corrected chi connectivity index (χ4v) is 2.64. The van der Waals surface area contributed by atoms with E-state index >= 15 is 0 Å². The molecule has 0 spiro atoms. The van der Waals surface area contributed by atoms with E-state index in [2.05, 4.69) is 24.0 Å². The van der Waals surface area contributed by atoms with Gasteiger partial charge in [-0.1, -0.05) is 25.9 Å². The molecule has 0 saturated heterocycles. The largest absolute Gasteiger partial charge is 0.370 e. The zero-order valence-electron chi connectivity index (χ0n) is 13.3. The van der Waals surface area contributed by atoms with E-state index in [9.17, 15) is 0 Å². The smallest absolute Gasteiger partial charge is 0.246 e. The van der Waals surface area contributed by atoms with Crippen molar-refractivity contribution >= 4 is 0 Å². The average molecular weight is 281 g/mol. The first-order chi connectivity index (χ1) is 9.25. The van der Waals surface area contributed by atoms with Gasteiger partial charge in [-0.25, -0.2) is 0 Å². The van der Waals surface area contributed by atoms with Crippen LogP contribution in [0.3, 0.4) is 0 Å². The fourth-order valence-electron chi connectivity index (χ4n) is 2.64. The second-order valence-electron chi connectivity index (χ2n) is 7.06. The topological polar surface area (TPSA) is 74.2 Å². The summed E-state index contributed by atoms with van der Waals surface area (Å²) in [6.07, 6.45) is 4.78. The van der Waals surface area contributed by atoms with Gasteiger partial charge in [-0.2, -0.15) is 4.98 Å². The lowest BCUT2D eigenvalue weighted by atomic mass is 9.70. The maximum atomic E-state index is 6.17. The average Bonchev–Trinajstić information content (AvgIpc) is 2.90. The van der Waals surface area contributed by atoms with Crippen molar-refractivity contribution in [2.45, 2.75) is 70.9 Å². The van der Waals surface area contributed by atoms with Crippen molar-refractivity contribution in [3.05, 3.63) is 11.7 Å². The number of hydrogen-bond acceptors (Lipinski definition) is 5. The molecule has 1 aliphatic rings. The Morgan fingerprint density at radius 3 is 2.40 bits per heavy atom. The molecule has 0 aromatic carbocycles. The third kappa shape index (κ3) is 2.74. The normalized spacial score (nSPS) is 24.3. The van der Waals surface area contributed by atoms with Crippen LogP contribution < -0.4 is 5.73 Å². The van der Waals surface area contributed by atoms with E-state index in [-0.39, 0.29) is 0 Å². The Kier molecular flexibility index (Phi) is 3.95. The number of hydrogen-bond donors (Lipinski definition) is 1. The summed E-state index contributed by atoms with van der Waals surface area (Å²) in [5, 5.41) is 4.15. The zero-order chi connectivity index (χ0) is 15.0. The Morgan fingerprint density at radius 2 is 1.90 bits per heavy atom. The quantitative estimate of drug-likeness (QED) is 0.918. The molecule has 1 atom stereocenters. The van der Waals surface area contributed by atoms with Crippen LogP contribution in [0.4, 0.5) is 0 Å². The molecular formula is C15H27N3O2. The Morgan fingerprint density at radius 1 is 1.30 bits per heavy atom. The predicted octanol–water partition coefficient (Wildman–Crippen LogP) is 3.10. The Hall–Kier alpha value is -0.940.